The highest BCUT2D eigenvalue weighted by Crippen LogP contribution is 2.33. The summed E-state index contributed by atoms with van der Waals surface area (Å²) in [6.07, 6.45) is 7.64. The van der Waals surface area contributed by atoms with Crippen molar-refractivity contribution in [2.24, 2.45) is 0 Å². The summed E-state index contributed by atoms with van der Waals surface area (Å²) in [6, 6.07) is 17.8. The molecule has 0 fully saturated rings. The van der Waals surface area contributed by atoms with E-state index in [0.717, 1.165) is 39.8 Å². The monoisotopic (exact) mass is 506 g/mol. The number of hydrogen-bond acceptors (Lipinski definition) is 4. The number of rotatable bonds is 7. The van der Waals surface area contributed by atoms with E-state index in [1.165, 1.54) is 0 Å². The second kappa shape index (κ2) is 10.8. The number of esters is 1. The second-order valence-electron chi connectivity index (χ2n) is 7.87. The van der Waals surface area contributed by atoms with Gasteiger partial charge in [0.1, 0.15) is 5.82 Å². The Kier molecular flexibility index (Phi) is 7.57. The molecule has 0 saturated heterocycles. The molecule has 0 radical (unpaired) electrons. The Morgan fingerprint density at radius 2 is 2.00 bits per heavy atom. The van der Waals surface area contributed by atoms with Crippen molar-refractivity contribution in [1.82, 2.24) is 9.55 Å². The van der Waals surface area contributed by atoms with Crippen LogP contribution in [0.5, 0.6) is 0 Å². The van der Waals surface area contributed by atoms with Crippen LogP contribution >= 0.6 is 15.9 Å². The Morgan fingerprint density at radius 3 is 2.79 bits per heavy atom. The summed E-state index contributed by atoms with van der Waals surface area (Å²) >= 11 is 3.68. The predicted octanol–water partition coefficient (Wildman–Crippen LogP) is 6.40. The van der Waals surface area contributed by atoms with E-state index in [4.69, 9.17) is 9.47 Å². The first kappa shape index (κ1) is 23.2. The molecule has 0 saturated carbocycles. The van der Waals surface area contributed by atoms with Crippen LogP contribution in [-0.4, -0.2) is 28.2 Å². The average molecular weight is 507 g/mol. The molecule has 1 atom stereocenters. The number of carbonyl (C=O) groups is 1. The number of pyridine rings is 1. The van der Waals surface area contributed by atoms with E-state index >= 15 is 0 Å². The van der Waals surface area contributed by atoms with Gasteiger partial charge in [-0.1, -0.05) is 52.3 Å². The number of hydrogen-bond donors (Lipinski definition) is 0. The first-order valence-corrected chi connectivity index (χ1v) is 11.9. The van der Waals surface area contributed by atoms with Crippen molar-refractivity contribution >= 4 is 27.5 Å². The lowest BCUT2D eigenvalue weighted by molar-refractivity contribution is 0.0526. The molecule has 1 aliphatic rings. The van der Waals surface area contributed by atoms with Gasteiger partial charge in [0.05, 0.1) is 30.6 Å². The highest BCUT2D eigenvalue weighted by Gasteiger charge is 2.23. The fourth-order valence-electron chi connectivity index (χ4n) is 3.96. The summed E-state index contributed by atoms with van der Waals surface area (Å²) < 4.78 is 14.7. The highest BCUT2D eigenvalue weighted by molar-refractivity contribution is 9.11. The van der Waals surface area contributed by atoms with Crippen molar-refractivity contribution in [1.29, 1.82) is 0 Å². The van der Waals surface area contributed by atoms with Gasteiger partial charge in [-0.05, 0) is 62.6 Å². The van der Waals surface area contributed by atoms with Crippen molar-refractivity contribution in [3.05, 3.63) is 99.9 Å². The Morgan fingerprint density at radius 1 is 1.18 bits per heavy atom. The standard InChI is InChI=1S/C27H27BrN2O3/c1-3-32-27(31)21-14-15-29-26(16-21)30-19(2)12-13-24(30)23-17-22(28)10-7-11-25(23)33-18-20-8-5-4-6-9-20/h4-6,8-10,12-17,25H,3,7,11,18H2,1-2H3. The number of nitrogens with zero attached hydrogens (tertiary/aromatic N) is 2. The quantitative estimate of drug-likeness (QED) is 0.348. The van der Waals surface area contributed by atoms with Crippen LogP contribution in [0.2, 0.25) is 0 Å². The largest absolute Gasteiger partial charge is 0.462 e. The normalized spacial score (nSPS) is 16.0. The van der Waals surface area contributed by atoms with Crippen LogP contribution in [0.4, 0.5) is 0 Å². The summed E-state index contributed by atoms with van der Waals surface area (Å²) in [7, 11) is 0. The minimum Gasteiger partial charge on any atom is -0.462 e. The summed E-state index contributed by atoms with van der Waals surface area (Å²) in [6.45, 7) is 4.70. The van der Waals surface area contributed by atoms with Gasteiger partial charge in [-0.3, -0.25) is 4.57 Å². The topological polar surface area (TPSA) is 53.3 Å². The highest BCUT2D eigenvalue weighted by atomic mass is 79.9. The van der Waals surface area contributed by atoms with Crippen LogP contribution in [0.3, 0.4) is 0 Å². The lowest BCUT2D eigenvalue weighted by Gasteiger charge is -2.22. The van der Waals surface area contributed by atoms with E-state index in [0.29, 0.717) is 24.6 Å². The lowest BCUT2D eigenvalue weighted by atomic mass is 10.0. The number of benzene rings is 1. The van der Waals surface area contributed by atoms with Gasteiger partial charge in [0.15, 0.2) is 0 Å². The smallest absolute Gasteiger partial charge is 0.338 e. The summed E-state index contributed by atoms with van der Waals surface area (Å²) in [4.78, 5) is 16.9. The predicted molar refractivity (Wildman–Crippen MR) is 133 cm³/mol. The molecule has 2 heterocycles. The first-order chi connectivity index (χ1) is 16.1. The molecule has 3 aromatic rings. The van der Waals surface area contributed by atoms with E-state index in [1.54, 1.807) is 25.3 Å². The van der Waals surface area contributed by atoms with Crippen LogP contribution in [-0.2, 0) is 16.1 Å². The van der Waals surface area contributed by atoms with E-state index in [1.807, 2.05) is 25.1 Å². The van der Waals surface area contributed by atoms with E-state index < -0.39 is 0 Å². The van der Waals surface area contributed by atoms with Gasteiger partial charge in [0.2, 0.25) is 0 Å². The summed E-state index contributed by atoms with van der Waals surface area (Å²) in [5.41, 5.74) is 4.71. The zero-order chi connectivity index (χ0) is 23.2. The molecule has 4 rings (SSSR count). The molecule has 2 aromatic heterocycles. The molecule has 33 heavy (non-hydrogen) atoms. The molecule has 0 spiro atoms. The SMILES string of the molecule is CCOC(=O)c1ccnc(-n2c(C)ccc2C2=CC(Br)=CCCC2OCc2ccccc2)c1. The molecule has 1 unspecified atom stereocenters. The van der Waals surface area contributed by atoms with Crippen LogP contribution in [0.25, 0.3) is 11.4 Å². The van der Waals surface area contributed by atoms with Crippen LogP contribution in [0.15, 0.2) is 77.4 Å². The fourth-order valence-corrected chi connectivity index (χ4v) is 4.44. The van der Waals surface area contributed by atoms with Gasteiger partial charge in [0.25, 0.3) is 0 Å². The maximum Gasteiger partial charge on any atom is 0.338 e. The third kappa shape index (κ3) is 5.52. The van der Waals surface area contributed by atoms with Crippen molar-refractivity contribution in [3.8, 4) is 5.82 Å². The fraction of sp³-hybridized carbons (Fsp3) is 0.259. The van der Waals surface area contributed by atoms with Gasteiger partial charge < -0.3 is 9.47 Å². The molecule has 0 N–H and O–H groups in total. The number of halogens is 1. The van der Waals surface area contributed by atoms with Gasteiger partial charge in [-0.15, -0.1) is 0 Å². The Balaban J connectivity index is 1.70. The first-order valence-electron chi connectivity index (χ1n) is 11.1. The number of allylic oxidation sites excluding steroid dienone is 3. The minimum atomic E-state index is -0.351. The summed E-state index contributed by atoms with van der Waals surface area (Å²) in [5.74, 6) is 0.320. The summed E-state index contributed by atoms with van der Waals surface area (Å²) in [5, 5.41) is 0. The molecule has 0 amide bonds. The molecular weight excluding hydrogens is 480 g/mol. The lowest BCUT2D eigenvalue weighted by Crippen LogP contribution is -2.17. The molecular formula is C27H27BrN2O3. The van der Waals surface area contributed by atoms with Gasteiger partial charge in [-0.2, -0.15) is 0 Å². The van der Waals surface area contributed by atoms with Gasteiger partial charge in [-0.25, -0.2) is 9.78 Å². The Labute approximate surface area is 202 Å². The van der Waals surface area contributed by atoms with E-state index in [9.17, 15) is 4.79 Å². The molecule has 5 nitrogen and oxygen atoms in total. The maximum absolute atomic E-state index is 12.3. The second-order valence-corrected chi connectivity index (χ2v) is 8.79. The molecule has 1 aromatic carbocycles. The van der Waals surface area contributed by atoms with Crippen molar-refractivity contribution < 1.29 is 14.3 Å². The van der Waals surface area contributed by atoms with Gasteiger partial charge >= 0.3 is 5.97 Å². The number of aromatic nitrogens is 2. The van der Waals surface area contributed by atoms with Gasteiger partial charge in [0, 0.05) is 21.9 Å². The molecule has 6 heteroatoms. The molecule has 1 aliphatic carbocycles. The van der Waals surface area contributed by atoms with Crippen LogP contribution in [0.1, 0.15) is 47.1 Å². The Bertz CT molecular complexity index is 1180. The van der Waals surface area contributed by atoms with Crippen molar-refractivity contribution in [2.75, 3.05) is 6.61 Å². The van der Waals surface area contributed by atoms with E-state index in [-0.39, 0.29) is 12.1 Å². The average Bonchev–Trinajstić information content (AvgIpc) is 3.11. The Hall–Kier alpha value is -2.96. The molecule has 0 bridgehead atoms. The maximum atomic E-state index is 12.3. The number of aryl methyl sites for hydroxylation is 1. The van der Waals surface area contributed by atoms with E-state index in [2.05, 4.69) is 61.9 Å². The molecule has 170 valence electrons. The zero-order valence-electron chi connectivity index (χ0n) is 18.8. The van der Waals surface area contributed by atoms with Crippen molar-refractivity contribution in [3.63, 3.8) is 0 Å². The molecule has 0 aliphatic heterocycles. The third-order valence-electron chi connectivity index (χ3n) is 5.56. The number of ether oxygens (including phenoxy) is 2. The third-order valence-corrected chi connectivity index (χ3v) is 6.11. The van der Waals surface area contributed by atoms with Crippen LogP contribution in [0, 0.1) is 6.92 Å². The minimum absolute atomic E-state index is 0.0854. The zero-order valence-corrected chi connectivity index (χ0v) is 20.4. The number of carbonyl (C=O) groups excluding carboxylic acids is 1. The van der Waals surface area contributed by atoms with Crippen LogP contribution < -0.4 is 0 Å². The van der Waals surface area contributed by atoms with Crippen molar-refractivity contribution in [2.45, 2.75) is 39.4 Å².